The molecule has 0 aromatic rings. The molecule has 1 rings (SSSR count). The van der Waals surface area contributed by atoms with Gasteiger partial charge >= 0.3 is 0 Å². The van der Waals surface area contributed by atoms with E-state index in [2.05, 4.69) is 47.8 Å². The summed E-state index contributed by atoms with van der Waals surface area (Å²) in [6, 6.07) is 0.594. The van der Waals surface area contributed by atoms with Crippen LogP contribution in [0.25, 0.3) is 0 Å². The lowest BCUT2D eigenvalue weighted by Gasteiger charge is -2.30. The summed E-state index contributed by atoms with van der Waals surface area (Å²) < 4.78 is 22.8. The zero-order chi connectivity index (χ0) is 18.4. The van der Waals surface area contributed by atoms with Gasteiger partial charge in [-0.05, 0) is 31.3 Å². The third kappa shape index (κ3) is 8.90. The summed E-state index contributed by atoms with van der Waals surface area (Å²) in [5, 5.41) is 3.45. The van der Waals surface area contributed by atoms with E-state index in [0.29, 0.717) is 12.5 Å². The first-order chi connectivity index (χ1) is 11.1. The van der Waals surface area contributed by atoms with Crippen molar-refractivity contribution in [1.29, 1.82) is 0 Å². The van der Waals surface area contributed by atoms with Gasteiger partial charge in [-0.1, -0.05) is 27.7 Å². The first-order valence-electron chi connectivity index (χ1n) is 8.99. The summed E-state index contributed by atoms with van der Waals surface area (Å²) in [5.41, 5.74) is -0.0863. The van der Waals surface area contributed by atoms with Gasteiger partial charge in [0.1, 0.15) is 9.84 Å². The number of nitrogens with zero attached hydrogens (tertiary/aromatic N) is 3. The van der Waals surface area contributed by atoms with Crippen LogP contribution in [0.15, 0.2) is 4.99 Å². The minimum atomic E-state index is -2.91. The molecule has 150 valence electrons. The number of rotatable bonds is 8. The molecule has 1 saturated heterocycles. The fraction of sp³-hybridized carbons (Fsp3) is 0.941. The molecule has 1 N–H and O–H groups in total. The molecule has 0 radical (unpaired) electrons. The van der Waals surface area contributed by atoms with Crippen molar-refractivity contribution in [2.24, 2.45) is 10.4 Å². The van der Waals surface area contributed by atoms with Crippen LogP contribution in [0, 0.1) is 5.41 Å². The maximum atomic E-state index is 11.4. The molecule has 25 heavy (non-hydrogen) atoms. The molecule has 8 heteroatoms. The number of halogens is 1. The number of hydrogen-bond acceptors (Lipinski definition) is 4. The molecule has 0 aliphatic carbocycles. The molecule has 1 heterocycles. The van der Waals surface area contributed by atoms with Crippen molar-refractivity contribution in [3.05, 3.63) is 0 Å². The third-order valence-corrected chi connectivity index (χ3v) is 5.82. The van der Waals surface area contributed by atoms with Crippen LogP contribution in [0.4, 0.5) is 0 Å². The monoisotopic (exact) mass is 488 g/mol. The number of nitrogens with one attached hydrogen (secondary N) is 1. The lowest BCUT2D eigenvalue weighted by Crippen LogP contribution is -2.45. The Morgan fingerprint density at radius 1 is 1.32 bits per heavy atom. The molecule has 0 spiro atoms. The smallest absolute Gasteiger partial charge is 0.193 e. The van der Waals surface area contributed by atoms with Crippen LogP contribution in [-0.4, -0.2) is 82.0 Å². The predicted molar refractivity (Wildman–Crippen MR) is 118 cm³/mol. The quantitative estimate of drug-likeness (QED) is 0.322. The summed E-state index contributed by atoms with van der Waals surface area (Å²) in [6.07, 6.45) is 3.12. The number of likely N-dealkylation sites (tertiary alicyclic amines) is 1. The van der Waals surface area contributed by atoms with Gasteiger partial charge in [0.15, 0.2) is 5.96 Å². The fourth-order valence-electron chi connectivity index (χ4n) is 3.17. The number of likely N-dealkylation sites (N-methyl/N-ethyl adjacent to an activating group) is 1. The second-order valence-electron chi connectivity index (χ2n) is 7.55. The van der Waals surface area contributed by atoms with Crippen LogP contribution in [0.2, 0.25) is 0 Å². The van der Waals surface area contributed by atoms with Crippen LogP contribution in [0.3, 0.4) is 0 Å². The summed E-state index contributed by atoms with van der Waals surface area (Å²) in [4.78, 5) is 9.24. The summed E-state index contributed by atoms with van der Waals surface area (Å²) in [6.45, 7) is 13.5. The Bertz CT molecular complexity index is 519. The summed E-state index contributed by atoms with van der Waals surface area (Å²) >= 11 is 0. The standard InChI is InChI=1S/C17H36N4O2S.HI/c1-7-20(8-2)15-9-11-21(13-15)16(18-5)19-14-17(3,4)10-12-24(6,22)23;/h15H,7-14H2,1-6H3,(H,18,19);1H. The summed E-state index contributed by atoms with van der Waals surface area (Å²) in [7, 11) is -1.10. The van der Waals surface area contributed by atoms with Gasteiger partial charge in [0.2, 0.25) is 0 Å². The van der Waals surface area contributed by atoms with Crippen LogP contribution in [0.5, 0.6) is 0 Å². The minimum absolute atomic E-state index is 0. The van der Waals surface area contributed by atoms with Crippen molar-refractivity contribution >= 4 is 39.8 Å². The SMILES string of the molecule is CCN(CC)C1CCN(C(=NC)NCC(C)(C)CCS(C)(=O)=O)C1.I. The van der Waals surface area contributed by atoms with E-state index in [0.717, 1.165) is 38.7 Å². The molecular formula is C17H37IN4O2S. The molecule has 0 amide bonds. The van der Waals surface area contributed by atoms with Crippen LogP contribution in [-0.2, 0) is 9.84 Å². The highest BCUT2D eigenvalue weighted by molar-refractivity contribution is 14.0. The number of hydrogen-bond donors (Lipinski definition) is 1. The van der Waals surface area contributed by atoms with Gasteiger partial charge < -0.3 is 10.2 Å². The highest BCUT2D eigenvalue weighted by atomic mass is 127. The fourth-order valence-corrected chi connectivity index (χ4v) is 4.10. The Labute approximate surface area is 171 Å². The maximum Gasteiger partial charge on any atom is 0.193 e. The van der Waals surface area contributed by atoms with Gasteiger partial charge in [-0.25, -0.2) is 8.42 Å². The van der Waals surface area contributed by atoms with E-state index in [-0.39, 0.29) is 35.1 Å². The number of aliphatic imine (C=N–C) groups is 1. The lowest BCUT2D eigenvalue weighted by atomic mass is 9.90. The largest absolute Gasteiger partial charge is 0.356 e. The van der Waals surface area contributed by atoms with Crippen molar-refractivity contribution in [2.75, 3.05) is 51.8 Å². The summed E-state index contributed by atoms with van der Waals surface area (Å²) in [5.74, 6) is 1.16. The van der Waals surface area contributed by atoms with Crippen LogP contribution >= 0.6 is 24.0 Å². The van der Waals surface area contributed by atoms with Gasteiger partial charge in [-0.15, -0.1) is 24.0 Å². The van der Waals surface area contributed by atoms with E-state index in [1.54, 1.807) is 0 Å². The Hall–Kier alpha value is -0.0900. The van der Waals surface area contributed by atoms with Gasteiger partial charge in [0.05, 0.1) is 5.75 Å². The Balaban J connectivity index is 0.00000576. The Morgan fingerprint density at radius 2 is 1.92 bits per heavy atom. The molecule has 1 aliphatic heterocycles. The molecule has 1 fully saturated rings. The first-order valence-corrected chi connectivity index (χ1v) is 11.0. The van der Waals surface area contributed by atoms with E-state index < -0.39 is 9.84 Å². The van der Waals surface area contributed by atoms with E-state index >= 15 is 0 Å². The zero-order valence-electron chi connectivity index (χ0n) is 16.7. The molecule has 0 aromatic heterocycles. The molecule has 1 unspecified atom stereocenters. The topological polar surface area (TPSA) is 65.0 Å². The first kappa shape index (κ1) is 24.9. The second kappa shape index (κ2) is 10.9. The van der Waals surface area contributed by atoms with E-state index in [4.69, 9.17) is 0 Å². The van der Waals surface area contributed by atoms with Gasteiger partial charge in [0, 0.05) is 39.0 Å². The van der Waals surface area contributed by atoms with Gasteiger partial charge in [-0.2, -0.15) is 0 Å². The maximum absolute atomic E-state index is 11.4. The number of sulfone groups is 1. The highest BCUT2D eigenvalue weighted by Crippen LogP contribution is 2.21. The zero-order valence-corrected chi connectivity index (χ0v) is 19.9. The lowest BCUT2D eigenvalue weighted by molar-refractivity contribution is 0.223. The predicted octanol–water partition coefficient (Wildman–Crippen LogP) is 2.06. The van der Waals surface area contributed by atoms with E-state index in [1.165, 1.54) is 12.7 Å². The molecular weight excluding hydrogens is 451 g/mol. The van der Waals surface area contributed by atoms with E-state index in [1.807, 2.05) is 7.05 Å². The average molecular weight is 488 g/mol. The third-order valence-electron chi connectivity index (χ3n) is 4.88. The molecule has 0 aromatic carbocycles. The normalized spacial score (nSPS) is 19.2. The average Bonchev–Trinajstić information content (AvgIpc) is 2.96. The Morgan fingerprint density at radius 3 is 2.40 bits per heavy atom. The van der Waals surface area contributed by atoms with Crippen LogP contribution in [0.1, 0.15) is 40.5 Å². The number of guanidine groups is 1. The van der Waals surface area contributed by atoms with Crippen molar-refractivity contribution in [3.63, 3.8) is 0 Å². The van der Waals surface area contributed by atoms with Gasteiger partial charge in [-0.3, -0.25) is 9.89 Å². The Kier molecular flexibility index (Phi) is 10.9. The highest BCUT2D eigenvalue weighted by Gasteiger charge is 2.29. The molecule has 0 saturated carbocycles. The molecule has 1 aliphatic rings. The van der Waals surface area contributed by atoms with E-state index in [9.17, 15) is 8.42 Å². The van der Waals surface area contributed by atoms with Crippen molar-refractivity contribution in [2.45, 2.75) is 46.6 Å². The van der Waals surface area contributed by atoms with Crippen molar-refractivity contribution < 1.29 is 8.42 Å². The molecule has 1 atom stereocenters. The second-order valence-corrected chi connectivity index (χ2v) is 9.81. The van der Waals surface area contributed by atoms with Crippen molar-refractivity contribution in [1.82, 2.24) is 15.1 Å². The van der Waals surface area contributed by atoms with Crippen LogP contribution < -0.4 is 5.32 Å². The van der Waals surface area contributed by atoms with Crippen molar-refractivity contribution in [3.8, 4) is 0 Å². The van der Waals surface area contributed by atoms with Gasteiger partial charge in [0.25, 0.3) is 0 Å². The molecule has 6 nitrogen and oxygen atoms in total. The molecule has 0 bridgehead atoms. The minimum Gasteiger partial charge on any atom is -0.356 e.